The molecule has 0 aliphatic carbocycles. The van der Waals surface area contributed by atoms with Gasteiger partial charge in [0, 0.05) is 4.47 Å². The van der Waals surface area contributed by atoms with E-state index in [9.17, 15) is 0 Å². The molecule has 2 nitrogen and oxygen atoms in total. The Labute approximate surface area is 92.6 Å². The van der Waals surface area contributed by atoms with Crippen molar-refractivity contribution < 1.29 is 4.74 Å². The van der Waals surface area contributed by atoms with E-state index in [0.717, 1.165) is 15.8 Å². The predicted octanol–water partition coefficient (Wildman–Crippen LogP) is 3.44. The fourth-order valence-corrected chi connectivity index (χ4v) is 1.40. The van der Waals surface area contributed by atoms with E-state index in [-0.39, 0.29) is 6.10 Å². The van der Waals surface area contributed by atoms with Crippen LogP contribution in [0.4, 0.5) is 0 Å². The number of ether oxygens (including phenoxy) is 1. The summed E-state index contributed by atoms with van der Waals surface area (Å²) in [6.07, 6.45) is 0.339. The van der Waals surface area contributed by atoms with Gasteiger partial charge in [-0.1, -0.05) is 28.9 Å². The summed E-state index contributed by atoms with van der Waals surface area (Å²) in [7, 11) is 0. The van der Waals surface area contributed by atoms with Crippen LogP contribution in [-0.2, 0) is 0 Å². The van der Waals surface area contributed by atoms with Crippen molar-refractivity contribution in [2.75, 3.05) is 0 Å². The highest BCUT2D eigenvalue weighted by molar-refractivity contribution is 9.10. The van der Waals surface area contributed by atoms with E-state index in [2.05, 4.69) is 22.0 Å². The molecular weight excluding hydrogens is 242 g/mol. The van der Waals surface area contributed by atoms with Crippen molar-refractivity contribution in [3.8, 4) is 11.8 Å². The maximum Gasteiger partial charge on any atom is 0.184 e. The lowest BCUT2D eigenvalue weighted by molar-refractivity contribution is 0.250. The topological polar surface area (TPSA) is 33.0 Å². The average molecular weight is 254 g/mol. The van der Waals surface area contributed by atoms with Crippen molar-refractivity contribution in [1.82, 2.24) is 0 Å². The summed E-state index contributed by atoms with van der Waals surface area (Å²) >= 11 is 3.37. The van der Waals surface area contributed by atoms with Crippen LogP contribution in [-0.4, -0.2) is 6.10 Å². The molecule has 1 unspecified atom stereocenters. The highest BCUT2D eigenvalue weighted by Gasteiger charge is 2.08. The highest BCUT2D eigenvalue weighted by atomic mass is 79.9. The molecule has 0 N–H and O–H groups in total. The summed E-state index contributed by atoms with van der Waals surface area (Å²) in [6.45, 7) is 3.90. The van der Waals surface area contributed by atoms with E-state index in [0.29, 0.717) is 6.42 Å². The van der Waals surface area contributed by atoms with Crippen LogP contribution < -0.4 is 4.74 Å². The number of nitrogens with zero attached hydrogens (tertiary/aromatic N) is 1. The Balaban J connectivity index is 2.86. The highest BCUT2D eigenvalue weighted by Crippen LogP contribution is 2.24. The standard InChI is InChI=1S/C11H12BrNO/c1-3-10(7-13)14-11-6-9(12)5-4-8(11)2/h4-6,10H,3H2,1-2H3. The van der Waals surface area contributed by atoms with Gasteiger partial charge in [0.1, 0.15) is 11.8 Å². The van der Waals surface area contributed by atoms with Gasteiger partial charge in [0.15, 0.2) is 6.10 Å². The molecule has 0 saturated heterocycles. The molecule has 0 aromatic heterocycles. The zero-order valence-electron chi connectivity index (χ0n) is 8.25. The summed E-state index contributed by atoms with van der Waals surface area (Å²) in [5, 5.41) is 8.76. The third kappa shape index (κ3) is 2.74. The average Bonchev–Trinajstić information content (AvgIpc) is 2.19. The van der Waals surface area contributed by atoms with Crippen LogP contribution in [0.25, 0.3) is 0 Å². The van der Waals surface area contributed by atoms with Gasteiger partial charge in [-0.3, -0.25) is 0 Å². The Morgan fingerprint density at radius 3 is 2.86 bits per heavy atom. The Kier molecular flexibility index (Phi) is 3.97. The molecule has 0 fully saturated rings. The number of rotatable bonds is 3. The van der Waals surface area contributed by atoms with Gasteiger partial charge in [0.2, 0.25) is 0 Å². The van der Waals surface area contributed by atoms with Crippen molar-refractivity contribution in [3.63, 3.8) is 0 Å². The molecule has 1 aromatic carbocycles. The largest absolute Gasteiger partial charge is 0.475 e. The van der Waals surface area contributed by atoms with E-state index in [1.54, 1.807) is 0 Å². The number of aryl methyl sites for hydroxylation is 1. The van der Waals surface area contributed by atoms with E-state index in [4.69, 9.17) is 10.00 Å². The van der Waals surface area contributed by atoms with Gasteiger partial charge in [0.05, 0.1) is 0 Å². The Bertz CT molecular complexity index is 357. The first-order valence-electron chi connectivity index (χ1n) is 4.49. The molecule has 0 aliphatic rings. The summed E-state index contributed by atoms with van der Waals surface area (Å²) in [6, 6.07) is 7.91. The minimum Gasteiger partial charge on any atom is -0.475 e. The van der Waals surface area contributed by atoms with E-state index < -0.39 is 0 Å². The van der Waals surface area contributed by atoms with E-state index in [1.165, 1.54) is 0 Å². The smallest absolute Gasteiger partial charge is 0.184 e. The van der Waals surface area contributed by atoms with Crippen molar-refractivity contribution in [1.29, 1.82) is 5.26 Å². The normalized spacial score (nSPS) is 11.9. The Morgan fingerprint density at radius 1 is 1.57 bits per heavy atom. The number of nitriles is 1. The molecule has 74 valence electrons. The predicted molar refractivity (Wildman–Crippen MR) is 59.2 cm³/mol. The second-order valence-corrected chi connectivity index (χ2v) is 3.97. The Morgan fingerprint density at radius 2 is 2.29 bits per heavy atom. The molecular formula is C11H12BrNO. The molecule has 0 radical (unpaired) electrons. The lowest BCUT2D eigenvalue weighted by atomic mass is 10.2. The van der Waals surface area contributed by atoms with Gasteiger partial charge in [0.25, 0.3) is 0 Å². The lowest BCUT2D eigenvalue weighted by Crippen LogP contribution is -2.12. The van der Waals surface area contributed by atoms with Gasteiger partial charge in [-0.2, -0.15) is 5.26 Å². The van der Waals surface area contributed by atoms with Gasteiger partial charge < -0.3 is 4.74 Å². The van der Waals surface area contributed by atoms with Crippen LogP contribution in [0.2, 0.25) is 0 Å². The zero-order valence-corrected chi connectivity index (χ0v) is 9.84. The molecule has 0 amide bonds. The summed E-state index contributed by atoms with van der Waals surface area (Å²) in [4.78, 5) is 0. The molecule has 1 aromatic rings. The number of halogens is 1. The van der Waals surface area contributed by atoms with Crippen LogP contribution in [0, 0.1) is 18.3 Å². The second kappa shape index (κ2) is 5.02. The quantitative estimate of drug-likeness (QED) is 0.827. The van der Waals surface area contributed by atoms with Crippen molar-refractivity contribution in [3.05, 3.63) is 28.2 Å². The third-order valence-corrected chi connectivity index (χ3v) is 2.43. The molecule has 0 heterocycles. The molecule has 3 heteroatoms. The lowest BCUT2D eigenvalue weighted by Gasteiger charge is -2.12. The third-order valence-electron chi connectivity index (χ3n) is 1.93. The van der Waals surface area contributed by atoms with Gasteiger partial charge >= 0.3 is 0 Å². The fraction of sp³-hybridized carbons (Fsp3) is 0.364. The zero-order chi connectivity index (χ0) is 10.6. The van der Waals surface area contributed by atoms with Crippen molar-refractivity contribution >= 4 is 15.9 Å². The molecule has 1 atom stereocenters. The number of benzene rings is 1. The molecule has 0 saturated carbocycles. The van der Waals surface area contributed by atoms with Gasteiger partial charge in [-0.05, 0) is 31.0 Å². The second-order valence-electron chi connectivity index (χ2n) is 3.05. The molecule has 0 bridgehead atoms. The monoisotopic (exact) mass is 253 g/mol. The summed E-state index contributed by atoms with van der Waals surface area (Å²) in [5.41, 5.74) is 1.04. The first kappa shape index (κ1) is 11.1. The van der Waals surface area contributed by atoms with Crippen molar-refractivity contribution in [2.45, 2.75) is 26.4 Å². The van der Waals surface area contributed by atoms with Crippen LogP contribution in [0.1, 0.15) is 18.9 Å². The fourth-order valence-electron chi connectivity index (χ4n) is 1.06. The first-order chi connectivity index (χ1) is 6.67. The first-order valence-corrected chi connectivity index (χ1v) is 5.29. The van der Waals surface area contributed by atoms with Gasteiger partial charge in [-0.25, -0.2) is 0 Å². The van der Waals surface area contributed by atoms with E-state index >= 15 is 0 Å². The maximum atomic E-state index is 8.76. The van der Waals surface area contributed by atoms with Crippen LogP contribution in [0.15, 0.2) is 22.7 Å². The van der Waals surface area contributed by atoms with Crippen LogP contribution in [0.5, 0.6) is 5.75 Å². The van der Waals surface area contributed by atoms with E-state index in [1.807, 2.05) is 32.0 Å². The number of hydrogen-bond donors (Lipinski definition) is 0. The van der Waals surface area contributed by atoms with Crippen LogP contribution in [0.3, 0.4) is 0 Å². The molecule has 0 spiro atoms. The molecule has 1 rings (SSSR count). The molecule has 0 aliphatic heterocycles. The minimum atomic E-state index is -0.358. The van der Waals surface area contributed by atoms with Gasteiger partial charge in [-0.15, -0.1) is 0 Å². The molecule has 14 heavy (non-hydrogen) atoms. The number of hydrogen-bond acceptors (Lipinski definition) is 2. The van der Waals surface area contributed by atoms with Crippen LogP contribution >= 0.6 is 15.9 Å². The van der Waals surface area contributed by atoms with Crippen molar-refractivity contribution in [2.24, 2.45) is 0 Å². The summed E-state index contributed by atoms with van der Waals surface area (Å²) < 4.78 is 6.50. The SMILES string of the molecule is CCC(C#N)Oc1cc(Br)ccc1C. The minimum absolute atomic E-state index is 0.358. The Hall–Kier alpha value is -1.01. The maximum absolute atomic E-state index is 8.76. The summed E-state index contributed by atoms with van der Waals surface area (Å²) in [5.74, 6) is 0.771.